The first-order valence-electron chi connectivity index (χ1n) is 2.45. The van der Waals surface area contributed by atoms with E-state index in [0.29, 0.717) is 11.5 Å². The third kappa shape index (κ3) is 0.525. The Balaban J connectivity index is 2.74. The molecule has 3 heteroatoms. The van der Waals surface area contributed by atoms with Crippen LogP contribution in [0.1, 0.15) is 0 Å². The minimum absolute atomic E-state index is 0.308. The van der Waals surface area contributed by atoms with Gasteiger partial charge in [0.1, 0.15) is 10.2 Å². The van der Waals surface area contributed by atoms with E-state index in [0.717, 1.165) is 4.47 Å². The van der Waals surface area contributed by atoms with Crippen molar-refractivity contribution >= 4 is 15.9 Å². The van der Waals surface area contributed by atoms with Crippen molar-refractivity contribution in [2.45, 2.75) is 0 Å². The second-order valence-corrected chi connectivity index (χ2v) is 2.58. The van der Waals surface area contributed by atoms with E-state index < -0.39 is 0 Å². The van der Waals surface area contributed by atoms with Crippen molar-refractivity contribution in [1.29, 1.82) is 0 Å². The molecular formula is C6H2BrFO. The van der Waals surface area contributed by atoms with Gasteiger partial charge in [0.05, 0.1) is 0 Å². The van der Waals surface area contributed by atoms with E-state index >= 15 is 0 Å². The quantitative estimate of drug-likeness (QED) is 0.618. The Morgan fingerprint density at radius 3 is 2.56 bits per heavy atom. The van der Waals surface area contributed by atoms with Crippen LogP contribution in [0.2, 0.25) is 0 Å². The molecule has 0 N–H and O–H groups in total. The Hall–Kier alpha value is -0.570. The average molecular weight is 189 g/mol. The van der Waals surface area contributed by atoms with E-state index in [1.165, 1.54) is 6.07 Å². The standard InChI is InChI=1S/C6H2BrFO/c7-5-4-2-1-3(8)6(5)9-4/h1-2H. The Bertz CT molecular complexity index is 265. The van der Waals surface area contributed by atoms with Crippen molar-refractivity contribution in [3.8, 4) is 11.5 Å². The van der Waals surface area contributed by atoms with Gasteiger partial charge in [0, 0.05) is 0 Å². The van der Waals surface area contributed by atoms with Crippen LogP contribution in [0.5, 0.6) is 11.5 Å². The summed E-state index contributed by atoms with van der Waals surface area (Å²) in [7, 11) is 0. The molecule has 0 aromatic heterocycles. The number of fused-ring (bicyclic) bond motifs is 2. The van der Waals surface area contributed by atoms with Gasteiger partial charge in [-0.25, -0.2) is 4.39 Å². The molecule has 3 rings (SSSR count). The maximum atomic E-state index is 12.5. The molecule has 0 saturated carbocycles. The number of halogens is 2. The summed E-state index contributed by atoms with van der Waals surface area (Å²) in [5, 5.41) is 0. The number of ether oxygens (including phenoxy) is 1. The van der Waals surface area contributed by atoms with Crippen LogP contribution in [0.4, 0.5) is 4.39 Å². The normalized spacial score (nSPS) is 12.2. The third-order valence-electron chi connectivity index (χ3n) is 1.23. The summed E-state index contributed by atoms with van der Waals surface area (Å²) in [5.74, 6) is 0.732. The molecule has 0 saturated heterocycles. The van der Waals surface area contributed by atoms with Crippen molar-refractivity contribution < 1.29 is 9.13 Å². The minimum Gasteiger partial charge on any atom is -0.452 e. The highest BCUT2D eigenvalue weighted by molar-refractivity contribution is 9.10. The third-order valence-corrected chi connectivity index (χ3v) is 1.98. The predicted octanol–water partition coefficient (Wildman–Crippen LogP) is 2.69. The molecule has 0 fully saturated rings. The van der Waals surface area contributed by atoms with Crippen LogP contribution in [-0.4, -0.2) is 0 Å². The lowest BCUT2D eigenvalue weighted by Gasteiger charge is -2.19. The smallest absolute Gasteiger partial charge is 0.181 e. The molecule has 1 aromatic rings. The van der Waals surface area contributed by atoms with Crippen molar-refractivity contribution in [1.82, 2.24) is 0 Å². The number of benzene rings is 1. The van der Waals surface area contributed by atoms with Crippen molar-refractivity contribution in [2.75, 3.05) is 0 Å². The average Bonchev–Trinajstić information content (AvgIpc) is 1.86. The van der Waals surface area contributed by atoms with E-state index in [9.17, 15) is 4.39 Å². The van der Waals surface area contributed by atoms with Crippen LogP contribution < -0.4 is 4.74 Å². The Morgan fingerprint density at radius 1 is 1.44 bits per heavy atom. The molecular weight excluding hydrogens is 187 g/mol. The second kappa shape index (κ2) is 1.48. The molecule has 0 radical (unpaired) electrons. The lowest BCUT2D eigenvalue weighted by atomic mass is 10.2. The largest absolute Gasteiger partial charge is 0.452 e. The predicted molar refractivity (Wildman–Crippen MR) is 34.2 cm³/mol. The zero-order valence-electron chi connectivity index (χ0n) is 4.32. The van der Waals surface area contributed by atoms with E-state index in [1.807, 2.05) is 0 Å². The SMILES string of the molecule is Fc1ccc2c(Br)c1O2. The zero-order valence-corrected chi connectivity index (χ0v) is 5.90. The van der Waals surface area contributed by atoms with Crippen LogP contribution in [0.25, 0.3) is 0 Å². The van der Waals surface area contributed by atoms with Gasteiger partial charge in [-0.1, -0.05) is 0 Å². The molecule has 2 aliphatic heterocycles. The lowest BCUT2D eigenvalue weighted by molar-refractivity contribution is 0.389. The highest BCUT2D eigenvalue weighted by Crippen LogP contribution is 2.47. The first-order valence-corrected chi connectivity index (χ1v) is 3.24. The van der Waals surface area contributed by atoms with Crippen molar-refractivity contribution in [3.63, 3.8) is 0 Å². The van der Waals surface area contributed by atoms with E-state index in [1.54, 1.807) is 6.07 Å². The first kappa shape index (κ1) is 5.23. The van der Waals surface area contributed by atoms with E-state index in [-0.39, 0.29) is 5.82 Å². The number of hydrogen-bond donors (Lipinski definition) is 0. The zero-order chi connectivity index (χ0) is 6.43. The van der Waals surface area contributed by atoms with Gasteiger partial charge < -0.3 is 4.74 Å². The second-order valence-electron chi connectivity index (χ2n) is 1.79. The van der Waals surface area contributed by atoms with Gasteiger partial charge >= 0.3 is 0 Å². The van der Waals surface area contributed by atoms with Gasteiger partial charge in [0.2, 0.25) is 0 Å². The summed E-state index contributed by atoms with van der Waals surface area (Å²) >= 11 is 3.15. The topological polar surface area (TPSA) is 9.23 Å². The maximum Gasteiger partial charge on any atom is 0.181 e. The first-order chi connectivity index (χ1) is 4.29. The van der Waals surface area contributed by atoms with Gasteiger partial charge in [-0.3, -0.25) is 0 Å². The molecule has 1 nitrogen and oxygen atoms in total. The summed E-state index contributed by atoms with van der Waals surface area (Å²) in [6, 6.07) is 2.98. The van der Waals surface area contributed by atoms with Crippen LogP contribution >= 0.6 is 15.9 Å². The molecule has 1 aromatic carbocycles. The molecule has 2 aliphatic rings. The monoisotopic (exact) mass is 188 g/mol. The summed E-state index contributed by atoms with van der Waals surface area (Å²) in [6.07, 6.45) is 0. The van der Waals surface area contributed by atoms with Gasteiger partial charge in [0.15, 0.2) is 11.6 Å². The van der Waals surface area contributed by atoms with Crippen LogP contribution in [-0.2, 0) is 0 Å². The van der Waals surface area contributed by atoms with Gasteiger partial charge in [0.25, 0.3) is 0 Å². The highest BCUT2D eigenvalue weighted by atomic mass is 79.9. The fourth-order valence-corrected chi connectivity index (χ4v) is 1.23. The maximum absolute atomic E-state index is 12.5. The summed E-state index contributed by atoms with van der Waals surface area (Å²) in [4.78, 5) is 0. The molecule has 0 aliphatic carbocycles. The molecule has 2 bridgehead atoms. The minimum atomic E-state index is -0.308. The molecule has 0 spiro atoms. The fraction of sp³-hybridized carbons (Fsp3) is 0. The van der Waals surface area contributed by atoms with Gasteiger partial charge in [-0.2, -0.15) is 0 Å². The summed E-state index contributed by atoms with van der Waals surface area (Å²) in [6.45, 7) is 0. The molecule has 0 amide bonds. The highest BCUT2D eigenvalue weighted by Gasteiger charge is 2.23. The Morgan fingerprint density at radius 2 is 2.22 bits per heavy atom. The van der Waals surface area contributed by atoms with Gasteiger partial charge in [-0.05, 0) is 28.1 Å². The molecule has 0 unspecified atom stereocenters. The number of rotatable bonds is 0. The summed E-state index contributed by atoms with van der Waals surface area (Å²) < 4.78 is 18.1. The van der Waals surface area contributed by atoms with Crippen molar-refractivity contribution in [2.24, 2.45) is 0 Å². The Kier molecular flexibility index (Phi) is 0.858. The molecule has 2 heterocycles. The van der Waals surface area contributed by atoms with E-state index in [4.69, 9.17) is 4.74 Å². The van der Waals surface area contributed by atoms with Crippen LogP contribution in [0.15, 0.2) is 16.6 Å². The van der Waals surface area contributed by atoms with Gasteiger partial charge in [-0.15, -0.1) is 0 Å². The number of hydrogen-bond acceptors (Lipinski definition) is 1. The molecule has 9 heavy (non-hydrogen) atoms. The van der Waals surface area contributed by atoms with E-state index in [2.05, 4.69) is 15.9 Å². The molecule has 0 atom stereocenters. The van der Waals surface area contributed by atoms with Crippen LogP contribution in [0.3, 0.4) is 0 Å². The fourth-order valence-electron chi connectivity index (χ4n) is 0.750. The Labute approximate surface area is 59.6 Å². The lowest BCUT2D eigenvalue weighted by Crippen LogP contribution is -2.00. The summed E-state index contributed by atoms with van der Waals surface area (Å²) in [5.41, 5.74) is 0. The van der Waals surface area contributed by atoms with Crippen molar-refractivity contribution in [3.05, 3.63) is 22.4 Å². The van der Waals surface area contributed by atoms with Crippen LogP contribution in [0, 0.1) is 5.82 Å². The molecule has 46 valence electrons.